The molecule has 0 amide bonds. The molecule has 9 heteroatoms. The quantitative estimate of drug-likeness (QED) is 0.607. The summed E-state index contributed by atoms with van der Waals surface area (Å²) in [4.78, 5) is 25.3. The molecule has 128 valence electrons. The Morgan fingerprint density at radius 1 is 1.42 bits per heavy atom. The van der Waals surface area contributed by atoms with E-state index in [1.54, 1.807) is 45.2 Å². The molecule has 0 spiro atoms. The van der Waals surface area contributed by atoms with Crippen molar-refractivity contribution in [2.24, 2.45) is 7.05 Å². The third kappa shape index (κ3) is 3.57. The number of nitro groups is 1. The molecule has 0 fully saturated rings. The van der Waals surface area contributed by atoms with Crippen LogP contribution in [0.5, 0.6) is 0 Å². The number of hydrogen-bond acceptors (Lipinski definition) is 6. The van der Waals surface area contributed by atoms with Gasteiger partial charge in [-0.15, -0.1) is 0 Å². The highest BCUT2D eigenvalue weighted by Crippen LogP contribution is 2.25. The number of rotatable bonds is 7. The minimum absolute atomic E-state index is 0.308. The fourth-order valence-electron chi connectivity index (χ4n) is 2.42. The van der Waals surface area contributed by atoms with Gasteiger partial charge < -0.3 is 20.0 Å². The largest absolute Gasteiger partial charge is 0.491 e. The summed E-state index contributed by atoms with van der Waals surface area (Å²) in [6.45, 7) is 3.82. The Labute approximate surface area is 138 Å². The molecule has 2 rings (SSSR count). The normalized spacial score (nSPS) is 13.5. The predicted octanol–water partition coefficient (Wildman–Crippen LogP) is 1.98. The second-order valence-corrected chi connectivity index (χ2v) is 5.24. The molecule has 1 unspecified atom stereocenters. The van der Waals surface area contributed by atoms with Crippen LogP contribution in [0.3, 0.4) is 0 Å². The van der Waals surface area contributed by atoms with Crippen LogP contribution in [0, 0.1) is 10.1 Å². The van der Waals surface area contributed by atoms with Crippen LogP contribution in [0.15, 0.2) is 24.3 Å². The summed E-state index contributed by atoms with van der Waals surface area (Å²) in [5, 5.41) is 23.7. The summed E-state index contributed by atoms with van der Waals surface area (Å²) in [7, 11) is 1.57. The predicted molar refractivity (Wildman–Crippen MR) is 84.6 cm³/mol. The molecule has 24 heavy (non-hydrogen) atoms. The zero-order valence-corrected chi connectivity index (χ0v) is 13.5. The van der Waals surface area contributed by atoms with Gasteiger partial charge in [-0.05, 0) is 34.5 Å². The van der Waals surface area contributed by atoms with E-state index in [1.165, 1.54) is 4.68 Å². The zero-order valence-electron chi connectivity index (χ0n) is 13.5. The van der Waals surface area contributed by atoms with Gasteiger partial charge in [-0.1, -0.05) is 19.1 Å². The molecule has 0 aliphatic rings. The van der Waals surface area contributed by atoms with Gasteiger partial charge in [-0.3, -0.25) is 0 Å². The van der Waals surface area contributed by atoms with Gasteiger partial charge in [0, 0.05) is 30.2 Å². The lowest BCUT2D eigenvalue weighted by molar-refractivity contribution is -0.394. The van der Waals surface area contributed by atoms with E-state index in [1.807, 2.05) is 0 Å². The van der Waals surface area contributed by atoms with Crippen molar-refractivity contribution in [2.75, 3.05) is 6.61 Å². The van der Waals surface area contributed by atoms with Crippen molar-refractivity contribution in [1.82, 2.24) is 14.8 Å². The third-order valence-corrected chi connectivity index (χ3v) is 3.65. The van der Waals surface area contributed by atoms with Gasteiger partial charge in [0.05, 0.1) is 0 Å². The Bertz CT molecular complexity index is 741. The maximum absolute atomic E-state index is 11.3. The molecule has 1 aromatic carbocycles. The molecule has 9 nitrogen and oxygen atoms in total. The Balaban J connectivity index is 2.27. The zero-order chi connectivity index (χ0) is 17.9. The number of carboxylic acids is 1. The number of benzene rings is 1. The summed E-state index contributed by atoms with van der Waals surface area (Å²) in [5.74, 6) is -1.46. The van der Waals surface area contributed by atoms with E-state index in [9.17, 15) is 20.0 Å². The summed E-state index contributed by atoms with van der Waals surface area (Å²) >= 11 is 0. The number of carbonyl (C=O) groups is 1. The number of ether oxygens (including phenoxy) is 1. The molecule has 1 aromatic heterocycles. The smallest absolute Gasteiger partial charge is 0.479 e. The topological polar surface area (TPSA) is 120 Å². The maximum atomic E-state index is 11.3. The van der Waals surface area contributed by atoms with E-state index < -0.39 is 22.9 Å². The van der Waals surface area contributed by atoms with Crippen LogP contribution in [0.1, 0.15) is 25.3 Å². The number of hydrogen-bond donors (Lipinski definition) is 1. The molecule has 1 heterocycles. The van der Waals surface area contributed by atoms with E-state index in [0.29, 0.717) is 18.0 Å². The molecule has 0 aliphatic heterocycles. The maximum Gasteiger partial charge on any atom is 0.491 e. The minimum atomic E-state index is -1.02. The fourth-order valence-corrected chi connectivity index (χ4v) is 2.42. The highest BCUT2D eigenvalue weighted by Gasteiger charge is 2.27. The van der Waals surface area contributed by atoms with Crippen molar-refractivity contribution in [1.29, 1.82) is 0 Å². The average Bonchev–Trinajstić information content (AvgIpc) is 2.94. The van der Waals surface area contributed by atoms with E-state index in [-0.39, 0.29) is 5.92 Å². The van der Waals surface area contributed by atoms with Crippen LogP contribution in [-0.4, -0.2) is 43.5 Å². The van der Waals surface area contributed by atoms with Gasteiger partial charge in [0.25, 0.3) is 0 Å². The Kier molecular flexibility index (Phi) is 5.24. The van der Waals surface area contributed by atoms with Crippen LogP contribution in [0.2, 0.25) is 0 Å². The number of aryl methyl sites for hydroxylation is 1. The van der Waals surface area contributed by atoms with Crippen molar-refractivity contribution in [3.8, 4) is 11.4 Å². The number of carboxylic acid groups (broad SMARTS) is 1. The molecular weight excluding hydrogens is 316 g/mol. The van der Waals surface area contributed by atoms with Crippen LogP contribution >= 0.6 is 0 Å². The van der Waals surface area contributed by atoms with Gasteiger partial charge >= 0.3 is 11.9 Å². The molecular formula is C15H18N4O5. The van der Waals surface area contributed by atoms with Crippen LogP contribution < -0.4 is 0 Å². The van der Waals surface area contributed by atoms with Gasteiger partial charge in [-0.25, -0.2) is 4.79 Å². The van der Waals surface area contributed by atoms with Gasteiger partial charge in [0.2, 0.25) is 5.82 Å². The first-order chi connectivity index (χ1) is 11.3. The molecule has 2 atom stereocenters. The molecule has 0 bridgehead atoms. The van der Waals surface area contributed by atoms with Crippen molar-refractivity contribution in [3.05, 3.63) is 39.9 Å². The third-order valence-electron chi connectivity index (χ3n) is 3.65. The van der Waals surface area contributed by atoms with E-state index in [0.717, 1.165) is 5.56 Å². The van der Waals surface area contributed by atoms with Gasteiger partial charge in [-0.2, -0.15) is 4.68 Å². The summed E-state index contributed by atoms with van der Waals surface area (Å²) in [5.41, 5.74) is 1.44. The molecule has 1 N–H and O–H groups in total. The first kappa shape index (κ1) is 17.5. The summed E-state index contributed by atoms with van der Waals surface area (Å²) < 4.78 is 6.61. The lowest BCUT2D eigenvalue weighted by Gasteiger charge is -2.20. The number of nitrogens with zero attached hydrogens (tertiary/aromatic N) is 4. The minimum Gasteiger partial charge on any atom is -0.479 e. The first-order valence-corrected chi connectivity index (χ1v) is 7.35. The highest BCUT2D eigenvalue weighted by atomic mass is 16.6. The van der Waals surface area contributed by atoms with Crippen LogP contribution in [0.4, 0.5) is 5.95 Å². The van der Waals surface area contributed by atoms with E-state index in [2.05, 4.69) is 10.1 Å². The van der Waals surface area contributed by atoms with E-state index in [4.69, 9.17) is 4.74 Å². The van der Waals surface area contributed by atoms with E-state index >= 15 is 0 Å². The van der Waals surface area contributed by atoms with Gasteiger partial charge in [0.1, 0.15) is 0 Å². The van der Waals surface area contributed by atoms with Crippen molar-refractivity contribution >= 4 is 11.9 Å². The van der Waals surface area contributed by atoms with Crippen molar-refractivity contribution < 1.29 is 19.6 Å². The molecule has 0 saturated carbocycles. The first-order valence-electron chi connectivity index (χ1n) is 7.35. The van der Waals surface area contributed by atoms with Crippen molar-refractivity contribution in [3.63, 3.8) is 0 Å². The monoisotopic (exact) mass is 334 g/mol. The standard InChI is InChI=1S/C15H18N4O5/c1-4-24-12(14(20)21)9(2)10-5-7-11(8-6-10)13-16-15(19(22)23)17-18(13)3/h5-9,12H,4H2,1-3H3,(H,20,21)/t9?,12-/m0/s1. The SMILES string of the molecule is CCO[C@H](C(=O)O)C(C)c1ccc(-c2nc([N+](=O)[O-])nn2C)cc1. The molecule has 0 aliphatic carbocycles. The fraction of sp³-hybridized carbons (Fsp3) is 0.400. The Hall–Kier alpha value is -2.81. The van der Waals surface area contributed by atoms with Crippen LogP contribution in [-0.2, 0) is 16.6 Å². The molecule has 0 saturated heterocycles. The lowest BCUT2D eigenvalue weighted by atomic mass is 9.94. The second kappa shape index (κ2) is 7.18. The Morgan fingerprint density at radius 3 is 2.50 bits per heavy atom. The van der Waals surface area contributed by atoms with Crippen LogP contribution in [0.25, 0.3) is 11.4 Å². The number of aliphatic carboxylic acids is 1. The summed E-state index contributed by atoms with van der Waals surface area (Å²) in [6, 6.07) is 6.97. The second-order valence-electron chi connectivity index (χ2n) is 5.24. The summed E-state index contributed by atoms with van der Waals surface area (Å²) in [6.07, 6.45) is -0.934. The average molecular weight is 334 g/mol. The molecule has 2 aromatic rings. The lowest BCUT2D eigenvalue weighted by Crippen LogP contribution is -2.29. The highest BCUT2D eigenvalue weighted by molar-refractivity contribution is 5.73. The number of aromatic nitrogens is 3. The van der Waals surface area contributed by atoms with Crippen molar-refractivity contribution in [2.45, 2.75) is 25.9 Å². The van der Waals surface area contributed by atoms with Gasteiger partial charge in [0.15, 0.2) is 6.10 Å². The molecule has 0 radical (unpaired) electrons. The Morgan fingerprint density at radius 2 is 2.04 bits per heavy atom.